The molecule has 0 aliphatic heterocycles. The van der Waals surface area contributed by atoms with Gasteiger partial charge >= 0.3 is 17.6 Å². The molecule has 11 heteroatoms. The maximum Gasteiger partial charge on any atom is 0.535 e. The van der Waals surface area contributed by atoms with Crippen LogP contribution in [0.3, 0.4) is 0 Å². The Balaban J connectivity index is 6.62. The summed E-state index contributed by atoms with van der Waals surface area (Å²) in [7, 11) is 2.33. The Bertz CT molecular complexity index is 385. The van der Waals surface area contributed by atoms with E-state index in [0.717, 1.165) is 12.8 Å². The number of hydrogen-bond acceptors (Lipinski definition) is 9. The fraction of sp³-hybridized carbons (Fsp3) is 1.00. The van der Waals surface area contributed by atoms with E-state index in [0.29, 0.717) is 13.2 Å². The average molecular weight is 444 g/mol. The predicted molar refractivity (Wildman–Crippen MR) is 111 cm³/mol. The summed E-state index contributed by atoms with van der Waals surface area (Å²) < 4.78 is 47.1. The topological polar surface area (TPSA) is 99.9 Å². The summed E-state index contributed by atoms with van der Waals surface area (Å²) in [6, 6.07) is -0.823. The van der Waals surface area contributed by atoms with Crippen LogP contribution in [-0.4, -0.2) is 90.0 Å². The molecule has 0 aliphatic carbocycles. The van der Waals surface area contributed by atoms with Gasteiger partial charge in [0.15, 0.2) is 10.4 Å². The van der Waals surface area contributed by atoms with Crippen molar-refractivity contribution in [2.75, 3.05) is 55.9 Å². The van der Waals surface area contributed by atoms with Crippen LogP contribution in [0.2, 0.25) is 0 Å². The first-order valence-corrected chi connectivity index (χ1v) is 12.9. The Morgan fingerprint density at radius 3 is 1.07 bits per heavy atom. The SMILES string of the molecule is CCCOC(C)(C(N)C(C)(OCCC)[Si](OC)(OC)OC)[Si](OC)(OC)OC. The molecule has 2 atom stereocenters. The molecule has 0 bridgehead atoms. The molecule has 0 saturated heterocycles. The minimum absolute atomic E-state index is 0.431. The molecule has 170 valence electrons. The zero-order valence-electron chi connectivity index (χ0n) is 19.2. The van der Waals surface area contributed by atoms with E-state index in [1.165, 1.54) is 42.7 Å². The van der Waals surface area contributed by atoms with Crippen molar-refractivity contribution in [2.45, 2.75) is 57.0 Å². The van der Waals surface area contributed by atoms with Gasteiger partial charge in [-0.05, 0) is 26.7 Å². The van der Waals surface area contributed by atoms with Crippen LogP contribution < -0.4 is 5.73 Å². The molecule has 0 aliphatic rings. The highest BCUT2D eigenvalue weighted by Crippen LogP contribution is 2.40. The van der Waals surface area contributed by atoms with Gasteiger partial charge in [-0.15, -0.1) is 0 Å². The number of hydrogen-bond donors (Lipinski definition) is 1. The third kappa shape index (κ3) is 4.86. The first kappa shape index (κ1) is 28.1. The molecule has 2 N–H and O–H groups in total. The van der Waals surface area contributed by atoms with Gasteiger partial charge in [0.25, 0.3) is 0 Å². The molecule has 0 aromatic rings. The molecule has 9 nitrogen and oxygen atoms in total. The van der Waals surface area contributed by atoms with Gasteiger partial charge in [-0.1, -0.05) is 13.8 Å². The highest BCUT2D eigenvalue weighted by Gasteiger charge is 2.72. The van der Waals surface area contributed by atoms with Crippen LogP contribution in [0.5, 0.6) is 0 Å². The van der Waals surface area contributed by atoms with Crippen LogP contribution in [0.4, 0.5) is 0 Å². The second kappa shape index (κ2) is 12.1. The third-order valence-corrected chi connectivity index (χ3v) is 11.8. The minimum Gasteiger partial charge on any atom is -0.375 e. The molecular weight excluding hydrogens is 402 g/mol. The van der Waals surface area contributed by atoms with E-state index in [1.807, 2.05) is 27.7 Å². The van der Waals surface area contributed by atoms with Crippen LogP contribution in [0, 0.1) is 0 Å². The number of nitrogens with two attached hydrogens (primary N) is 1. The van der Waals surface area contributed by atoms with Gasteiger partial charge in [0.2, 0.25) is 0 Å². The Morgan fingerprint density at radius 2 is 0.893 bits per heavy atom. The summed E-state index contributed by atoms with van der Waals surface area (Å²) >= 11 is 0. The molecular formula is C17H41NO8Si2. The normalized spacial score (nSPS) is 18.5. The van der Waals surface area contributed by atoms with E-state index in [4.69, 9.17) is 41.8 Å². The maximum absolute atomic E-state index is 6.88. The van der Waals surface area contributed by atoms with E-state index in [-0.39, 0.29) is 0 Å². The number of ether oxygens (including phenoxy) is 2. The smallest absolute Gasteiger partial charge is 0.375 e. The van der Waals surface area contributed by atoms with Crippen LogP contribution >= 0.6 is 0 Å². The van der Waals surface area contributed by atoms with E-state index >= 15 is 0 Å². The molecule has 28 heavy (non-hydrogen) atoms. The first-order chi connectivity index (χ1) is 13.1. The lowest BCUT2D eigenvalue weighted by atomic mass is 10.1. The molecule has 2 unspecified atom stereocenters. The van der Waals surface area contributed by atoms with Crippen molar-refractivity contribution >= 4 is 17.6 Å². The third-order valence-electron chi connectivity index (χ3n) is 5.23. The van der Waals surface area contributed by atoms with Crippen LogP contribution in [0.1, 0.15) is 40.5 Å². The zero-order chi connectivity index (χ0) is 22.1. The van der Waals surface area contributed by atoms with E-state index in [9.17, 15) is 0 Å². The summed E-state index contributed by atoms with van der Waals surface area (Å²) in [4.78, 5) is 0. The van der Waals surface area contributed by atoms with Crippen molar-refractivity contribution in [3.8, 4) is 0 Å². The van der Waals surface area contributed by atoms with Gasteiger partial charge in [0.1, 0.15) is 0 Å². The minimum atomic E-state index is -3.41. The lowest BCUT2D eigenvalue weighted by Gasteiger charge is -2.52. The summed E-state index contributed by atoms with van der Waals surface area (Å²) in [6.07, 6.45) is 1.55. The van der Waals surface area contributed by atoms with E-state index in [2.05, 4.69) is 0 Å². The lowest BCUT2D eigenvalue weighted by molar-refractivity contribution is -0.127. The summed E-state index contributed by atoms with van der Waals surface area (Å²) in [5.41, 5.74) is 6.88. The molecule has 0 radical (unpaired) electrons. The van der Waals surface area contributed by atoms with E-state index < -0.39 is 34.1 Å². The van der Waals surface area contributed by atoms with Crippen LogP contribution in [0.25, 0.3) is 0 Å². The summed E-state index contributed by atoms with van der Waals surface area (Å²) in [6.45, 7) is 8.52. The van der Waals surface area contributed by atoms with Gasteiger partial charge in [0, 0.05) is 55.9 Å². The second-order valence-corrected chi connectivity index (χ2v) is 13.4. The molecule has 0 spiro atoms. The van der Waals surface area contributed by atoms with Crippen molar-refractivity contribution in [1.82, 2.24) is 0 Å². The van der Waals surface area contributed by atoms with E-state index in [1.54, 1.807) is 0 Å². The van der Waals surface area contributed by atoms with Crippen LogP contribution in [-0.2, 0) is 36.0 Å². The predicted octanol–water partition coefficient (Wildman–Crippen LogP) is 1.52. The molecule has 0 fully saturated rings. The number of rotatable bonds is 16. The fourth-order valence-corrected chi connectivity index (χ4v) is 9.05. The maximum atomic E-state index is 6.88. The highest BCUT2D eigenvalue weighted by atomic mass is 28.4. The molecule has 0 aromatic heterocycles. The largest absolute Gasteiger partial charge is 0.535 e. The highest BCUT2D eigenvalue weighted by molar-refractivity contribution is 6.66. The molecule has 0 rings (SSSR count). The quantitative estimate of drug-likeness (QED) is 0.356. The zero-order valence-corrected chi connectivity index (χ0v) is 21.2. The van der Waals surface area contributed by atoms with Gasteiger partial charge in [-0.3, -0.25) is 0 Å². The van der Waals surface area contributed by atoms with Crippen molar-refractivity contribution in [2.24, 2.45) is 5.73 Å². The van der Waals surface area contributed by atoms with Gasteiger partial charge < -0.3 is 41.8 Å². The summed E-state index contributed by atoms with van der Waals surface area (Å²) in [5.74, 6) is 0. The Hall–Kier alpha value is 0.0738. The van der Waals surface area contributed by atoms with Crippen molar-refractivity contribution in [3.05, 3.63) is 0 Å². The van der Waals surface area contributed by atoms with Gasteiger partial charge in [-0.2, -0.15) is 0 Å². The average Bonchev–Trinajstić information content (AvgIpc) is 2.73. The Morgan fingerprint density at radius 1 is 0.643 bits per heavy atom. The molecule has 0 saturated carbocycles. The van der Waals surface area contributed by atoms with Crippen LogP contribution in [0.15, 0.2) is 0 Å². The fourth-order valence-electron chi connectivity index (χ4n) is 3.61. The lowest BCUT2D eigenvalue weighted by Crippen LogP contribution is -2.81. The van der Waals surface area contributed by atoms with Gasteiger partial charge in [0.05, 0.1) is 6.04 Å². The second-order valence-electron chi connectivity index (χ2n) is 6.73. The first-order valence-electron chi connectivity index (χ1n) is 9.48. The molecule has 0 heterocycles. The molecule has 0 amide bonds. The van der Waals surface area contributed by atoms with Crippen molar-refractivity contribution < 1.29 is 36.0 Å². The van der Waals surface area contributed by atoms with Crippen molar-refractivity contribution in [1.29, 1.82) is 0 Å². The summed E-state index contributed by atoms with van der Waals surface area (Å²) in [5, 5.41) is -2.34. The Labute approximate surface area is 172 Å². The monoisotopic (exact) mass is 443 g/mol. The standard InChI is InChI=1S/C17H41NO8Si2/c1-11-13-25-16(3,27(19-5,20-6)21-7)15(18)17(4,26-14-12-2)28(22-8,23-9)24-10/h15H,11-14,18H2,1-10H3. The Kier molecular flexibility index (Phi) is 12.1. The van der Waals surface area contributed by atoms with Crippen molar-refractivity contribution in [3.63, 3.8) is 0 Å². The molecule has 0 aromatic carbocycles. The van der Waals surface area contributed by atoms with Gasteiger partial charge in [-0.25, -0.2) is 0 Å².